The summed E-state index contributed by atoms with van der Waals surface area (Å²) in [5.41, 5.74) is 2.72. The standard InChI is InChI=1S/C23H26N2O3S/c1-3-27-16-10-15-24-22(26)17(2)29-23-25-20(18-11-6-4-7-12-18)21(28-23)19-13-8-5-9-14-19/h4-9,11-14,17H,3,10,15-16H2,1-2H3,(H,24,26). The number of nitrogens with zero attached hydrogens (tertiary/aromatic N) is 1. The van der Waals surface area contributed by atoms with E-state index in [4.69, 9.17) is 14.1 Å². The predicted octanol–water partition coefficient (Wildman–Crippen LogP) is 5.03. The lowest BCUT2D eigenvalue weighted by molar-refractivity contribution is -0.120. The summed E-state index contributed by atoms with van der Waals surface area (Å²) in [6.45, 7) is 5.76. The zero-order valence-electron chi connectivity index (χ0n) is 16.8. The van der Waals surface area contributed by atoms with Crippen LogP contribution >= 0.6 is 11.8 Å². The zero-order chi connectivity index (χ0) is 20.5. The van der Waals surface area contributed by atoms with Gasteiger partial charge in [-0.15, -0.1) is 0 Å². The molecule has 0 saturated heterocycles. The summed E-state index contributed by atoms with van der Waals surface area (Å²) in [5, 5.41) is 3.11. The lowest BCUT2D eigenvalue weighted by Gasteiger charge is -2.09. The van der Waals surface area contributed by atoms with Crippen molar-refractivity contribution in [2.45, 2.75) is 30.7 Å². The lowest BCUT2D eigenvalue weighted by Crippen LogP contribution is -2.32. The van der Waals surface area contributed by atoms with E-state index in [1.54, 1.807) is 0 Å². The molecule has 0 spiro atoms. The van der Waals surface area contributed by atoms with Gasteiger partial charge >= 0.3 is 0 Å². The van der Waals surface area contributed by atoms with Gasteiger partial charge in [0.15, 0.2) is 5.76 Å². The average Bonchev–Trinajstić information content (AvgIpc) is 3.18. The Balaban J connectivity index is 1.73. The summed E-state index contributed by atoms with van der Waals surface area (Å²) in [5.74, 6) is 0.677. The molecular weight excluding hydrogens is 384 g/mol. The van der Waals surface area contributed by atoms with E-state index in [2.05, 4.69) is 5.32 Å². The summed E-state index contributed by atoms with van der Waals surface area (Å²) in [7, 11) is 0. The SMILES string of the molecule is CCOCCCNC(=O)C(C)Sc1nc(-c2ccccc2)c(-c2ccccc2)o1. The maximum Gasteiger partial charge on any atom is 0.257 e. The minimum Gasteiger partial charge on any atom is -0.431 e. The Labute approximate surface area is 175 Å². The molecule has 1 atom stereocenters. The molecule has 1 aromatic heterocycles. The van der Waals surface area contributed by atoms with Crippen LogP contribution in [0.15, 0.2) is 70.3 Å². The van der Waals surface area contributed by atoms with Gasteiger partial charge in [-0.1, -0.05) is 72.4 Å². The Morgan fingerprint density at radius 3 is 2.41 bits per heavy atom. The van der Waals surface area contributed by atoms with Crippen LogP contribution in [0.5, 0.6) is 0 Å². The van der Waals surface area contributed by atoms with Gasteiger partial charge in [0.2, 0.25) is 5.91 Å². The highest BCUT2D eigenvalue weighted by Crippen LogP contribution is 2.36. The normalized spacial score (nSPS) is 11.9. The Morgan fingerprint density at radius 2 is 1.76 bits per heavy atom. The smallest absolute Gasteiger partial charge is 0.257 e. The van der Waals surface area contributed by atoms with E-state index in [-0.39, 0.29) is 11.2 Å². The summed E-state index contributed by atoms with van der Waals surface area (Å²) < 4.78 is 11.4. The number of amides is 1. The fraction of sp³-hybridized carbons (Fsp3) is 0.304. The van der Waals surface area contributed by atoms with Gasteiger partial charge in [0.1, 0.15) is 5.69 Å². The third-order valence-corrected chi connectivity index (χ3v) is 5.25. The fourth-order valence-corrected chi connectivity index (χ4v) is 3.57. The number of carbonyl (C=O) groups excluding carboxylic acids is 1. The number of nitrogens with one attached hydrogen (secondary N) is 1. The first-order chi connectivity index (χ1) is 14.2. The number of aromatic nitrogens is 1. The van der Waals surface area contributed by atoms with Crippen LogP contribution in [-0.2, 0) is 9.53 Å². The molecule has 1 amide bonds. The molecule has 0 aliphatic rings. The van der Waals surface area contributed by atoms with Crippen LogP contribution in [-0.4, -0.2) is 35.9 Å². The molecule has 0 fully saturated rings. The van der Waals surface area contributed by atoms with Crippen molar-refractivity contribution in [3.8, 4) is 22.6 Å². The van der Waals surface area contributed by atoms with E-state index in [0.717, 1.165) is 23.2 Å². The van der Waals surface area contributed by atoms with Gasteiger partial charge in [-0.2, -0.15) is 0 Å². The summed E-state index contributed by atoms with van der Waals surface area (Å²) in [6.07, 6.45) is 0.798. The second-order valence-corrected chi connectivity index (χ2v) is 7.78. The largest absolute Gasteiger partial charge is 0.431 e. The number of ether oxygens (including phenoxy) is 1. The van der Waals surface area contributed by atoms with Crippen molar-refractivity contribution in [2.24, 2.45) is 0 Å². The van der Waals surface area contributed by atoms with E-state index in [1.165, 1.54) is 11.8 Å². The van der Waals surface area contributed by atoms with Crippen molar-refractivity contribution in [1.82, 2.24) is 10.3 Å². The Hall–Kier alpha value is -2.57. The van der Waals surface area contributed by atoms with E-state index in [1.807, 2.05) is 74.5 Å². The molecule has 1 unspecified atom stereocenters. The van der Waals surface area contributed by atoms with E-state index < -0.39 is 0 Å². The third-order valence-electron chi connectivity index (χ3n) is 4.31. The molecule has 3 rings (SSSR count). The van der Waals surface area contributed by atoms with Crippen molar-refractivity contribution >= 4 is 17.7 Å². The van der Waals surface area contributed by atoms with Gasteiger partial charge in [0.05, 0.1) is 5.25 Å². The third kappa shape index (κ3) is 5.95. The summed E-state index contributed by atoms with van der Waals surface area (Å²) >= 11 is 1.32. The Kier molecular flexibility index (Phi) is 7.90. The predicted molar refractivity (Wildman–Crippen MR) is 117 cm³/mol. The second kappa shape index (κ2) is 10.8. The number of hydrogen-bond acceptors (Lipinski definition) is 5. The molecule has 29 heavy (non-hydrogen) atoms. The molecule has 0 aliphatic carbocycles. The fourth-order valence-electron chi connectivity index (χ4n) is 2.81. The molecule has 1 N–H and O–H groups in total. The highest BCUT2D eigenvalue weighted by Gasteiger charge is 2.21. The zero-order valence-corrected chi connectivity index (χ0v) is 17.6. The summed E-state index contributed by atoms with van der Waals surface area (Å²) in [4.78, 5) is 17.1. The minimum atomic E-state index is -0.312. The van der Waals surface area contributed by atoms with Crippen LogP contribution in [0, 0.1) is 0 Å². The number of thioether (sulfide) groups is 1. The molecule has 2 aromatic carbocycles. The molecule has 0 aliphatic heterocycles. The van der Waals surface area contributed by atoms with Gasteiger partial charge in [-0.3, -0.25) is 4.79 Å². The maximum absolute atomic E-state index is 12.4. The molecule has 1 heterocycles. The van der Waals surface area contributed by atoms with Gasteiger partial charge in [-0.05, 0) is 20.3 Å². The number of benzene rings is 2. The molecule has 6 heteroatoms. The van der Waals surface area contributed by atoms with Crippen LogP contribution in [0.2, 0.25) is 0 Å². The highest BCUT2D eigenvalue weighted by atomic mass is 32.2. The second-order valence-electron chi connectivity index (χ2n) is 6.49. The number of carbonyl (C=O) groups is 1. The van der Waals surface area contributed by atoms with Gasteiger partial charge in [-0.25, -0.2) is 4.98 Å². The Morgan fingerprint density at radius 1 is 1.10 bits per heavy atom. The molecule has 152 valence electrons. The van der Waals surface area contributed by atoms with Crippen LogP contribution in [0.3, 0.4) is 0 Å². The summed E-state index contributed by atoms with van der Waals surface area (Å²) in [6, 6.07) is 19.8. The number of rotatable bonds is 10. The van der Waals surface area contributed by atoms with E-state index in [0.29, 0.717) is 30.7 Å². The van der Waals surface area contributed by atoms with E-state index >= 15 is 0 Å². The molecule has 0 saturated carbocycles. The maximum atomic E-state index is 12.4. The molecule has 3 aromatic rings. The first-order valence-electron chi connectivity index (χ1n) is 9.82. The number of hydrogen-bond donors (Lipinski definition) is 1. The first-order valence-corrected chi connectivity index (χ1v) is 10.7. The van der Waals surface area contributed by atoms with Crippen molar-refractivity contribution in [3.63, 3.8) is 0 Å². The van der Waals surface area contributed by atoms with Crippen molar-refractivity contribution in [3.05, 3.63) is 60.7 Å². The van der Waals surface area contributed by atoms with Crippen molar-refractivity contribution in [1.29, 1.82) is 0 Å². The highest BCUT2D eigenvalue weighted by molar-refractivity contribution is 8.00. The molecule has 0 bridgehead atoms. The van der Waals surface area contributed by atoms with Gasteiger partial charge < -0.3 is 14.5 Å². The lowest BCUT2D eigenvalue weighted by atomic mass is 10.1. The van der Waals surface area contributed by atoms with Crippen LogP contribution in [0.25, 0.3) is 22.6 Å². The first kappa shape index (κ1) is 21.1. The van der Waals surface area contributed by atoms with Crippen LogP contribution in [0.1, 0.15) is 20.3 Å². The monoisotopic (exact) mass is 410 g/mol. The molecule has 5 nitrogen and oxygen atoms in total. The quantitative estimate of drug-likeness (QED) is 0.375. The Bertz CT molecular complexity index is 840. The van der Waals surface area contributed by atoms with Crippen LogP contribution in [0.4, 0.5) is 0 Å². The van der Waals surface area contributed by atoms with Crippen molar-refractivity contribution in [2.75, 3.05) is 19.8 Å². The molecule has 0 radical (unpaired) electrons. The van der Waals surface area contributed by atoms with Crippen molar-refractivity contribution < 1.29 is 13.9 Å². The average molecular weight is 411 g/mol. The van der Waals surface area contributed by atoms with Gasteiger partial charge in [0.25, 0.3) is 5.22 Å². The van der Waals surface area contributed by atoms with Gasteiger partial charge in [0, 0.05) is 30.9 Å². The molecular formula is C23H26N2O3S. The topological polar surface area (TPSA) is 64.4 Å². The number of oxazole rings is 1. The van der Waals surface area contributed by atoms with Crippen LogP contribution < -0.4 is 5.32 Å². The van der Waals surface area contributed by atoms with E-state index in [9.17, 15) is 4.79 Å². The minimum absolute atomic E-state index is 0.0350.